The molecule has 0 radical (unpaired) electrons. The average Bonchev–Trinajstić information content (AvgIpc) is 2.62. The van der Waals surface area contributed by atoms with Gasteiger partial charge in [0, 0.05) is 19.2 Å². The van der Waals surface area contributed by atoms with Gasteiger partial charge in [-0.3, -0.25) is 9.59 Å². The van der Waals surface area contributed by atoms with Crippen LogP contribution in [0.5, 0.6) is 5.75 Å². The maximum absolute atomic E-state index is 11.4. The molecule has 0 atom stereocenters. The fraction of sp³-hybridized carbons (Fsp3) is 0.158. The number of azo groups is 1. The third kappa shape index (κ3) is 4.26. The zero-order chi connectivity index (χ0) is 20.3. The molecule has 3 rings (SSSR count). The molecule has 9 heteroatoms. The number of hydrogen-bond donors (Lipinski definition) is 3. The van der Waals surface area contributed by atoms with Gasteiger partial charge in [0.25, 0.3) is 0 Å². The van der Waals surface area contributed by atoms with Gasteiger partial charge >= 0.3 is 0 Å². The van der Waals surface area contributed by atoms with Crippen LogP contribution in [0, 0.1) is 6.92 Å². The third-order valence-corrected chi connectivity index (χ3v) is 3.67. The number of nitrogens with zero attached hydrogens (tertiary/aromatic N) is 4. The van der Waals surface area contributed by atoms with Crippen LogP contribution in [0.2, 0.25) is 0 Å². The Morgan fingerprint density at radius 1 is 0.964 bits per heavy atom. The Kier molecular flexibility index (Phi) is 5.25. The van der Waals surface area contributed by atoms with E-state index in [4.69, 9.17) is 0 Å². The first-order valence-corrected chi connectivity index (χ1v) is 8.41. The van der Waals surface area contributed by atoms with Crippen molar-refractivity contribution in [1.82, 2.24) is 9.97 Å². The Labute approximate surface area is 160 Å². The van der Waals surface area contributed by atoms with Crippen molar-refractivity contribution in [2.45, 2.75) is 20.8 Å². The number of aryl methyl sites for hydroxylation is 1. The van der Waals surface area contributed by atoms with E-state index in [2.05, 4.69) is 30.8 Å². The van der Waals surface area contributed by atoms with E-state index in [1.54, 1.807) is 6.92 Å². The van der Waals surface area contributed by atoms with Crippen molar-refractivity contribution in [3.63, 3.8) is 0 Å². The summed E-state index contributed by atoms with van der Waals surface area (Å²) in [5.41, 5.74) is 1.27. The normalized spacial score (nSPS) is 11.0. The molecule has 0 saturated carbocycles. The molecular weight excluding hydrogens is 360 g/mol. The monoisotopic (exact) mass is 378 g/mol. The van der Waals surface area contributed by atoms with Crippen molar-refractivity contribution in [2.24, 2.45) is 10.2 Å². The zero-order valence-electron chi connectivity index (χ0n) is 15.5. The number of amides is 2. The number of para-hydroxylation sites is 1. The highest BCUT2D eigenvalue weighted by Crippen LogP contribution is 2.37. The van der Waals surface area contributed by atoms with Gasteiger partial charge in [0.2, 0.25) is 11.8 Å². The van der Waals surface area contributed by atoms with Crippen LogP contribution in [0.4, 0.5) is 22.9 Å². The van der Waals surface area contributed by atoms with E-state index in [0.717, 1.165) is 10.9 Å². The second-order valence-electron chi connectivity index (χ2n) is 6.06. The van der Waals surface area contributed by atoms with Gasteiger partial charge in [-0.1, -0.05) is 12.1 Å². The number of carbonyl (C=O) groups is 2. The zero-order valence-corrected chi connectivity index (χ0v) is 15.5. The van der Waals surface area contributed by atoms with Gasteiger partial charge in [-0.15, -0.1) is 10.2 Å². The number of nitrogens with one attached hydrogen (secondary N) is 2. The molecule has 0 aliphatic rings. The molecule has 0 aliphatic carbocycles. The molecule has 3 N–H and O–H groups in total. The third-order valence-electron chi connectivity index (χ3n) is 3.67. The summed E-state index contributed by atoms with van der Waals surface area (Å²) in [5.74, 6) is -0.0894. The summed E-state index contributed by atoms with van der Waals surface area (Å²) < 4.78 is 0. The molecule has 1 aromatic heterocycles. The van der Waals surface area contributed by atoms with Crippen LogP contribution >= 0.6 is 0 Å². The van der Waals surface area contributed by atoms with Crippen LogP contribution in [0.3, 0.4) is 0 Å². The van der Waals surface area contributed by atoms with Crippen LogP contribution in [0.1, 0.15) is 19.7 Å². The van der Waals surface area contributed by atoms with Gasteiger partial charge in [0.05, 0.1) is 22.6 Å². The number of carbonyl (C=O) groups excluding carboxylic acids is 2. The fourth-order valence-corrected chi connectivity index (χ4v) is 2.60. The van der Waals surface area contributed by atoms with E-state index in [1.165, 1.54) is 26.0 Å². The number of anilines is 2. The summed E-state index contributed by atoms with van der Waals surface area (Å²) in [6.45, 7) is 4.37. The minimum Gasteiger partial charge on any atom is -0.504 e. The topological polar surface area (TPSA) is 129 Å². The van der Waals surface area contributed by atoms with Crippen molar-refractivity contribution < 1.29 is 14.7 Å². The average molecular weight is 378 g/mol. The predicted molar refractivity (Wildman–Crippen MR) is 105 cm³/mol. The molecule has 0 unspecified atom stereocenters. The summed E-state index contributed by atoms with van der Waals surface area (Å²) in [6, 6.07) is 10.3. The summed E-state index contributed by atoms with van der Waals surface area (Å²) in [6.07, 6.45) is 0. The van der Waals surface area contributed by atoms with Crippen molar-refractivity contribution in [1.29, 1.82) is 0 Å². The van der Waals surface area contributed by atoms with Crippen molar-refractivity contribution in [3.05, 3.63) is 42.2 Å². The van der Waals surface area contributed by atoms with Gasteiger partial charge in [0.15, 0.2) is 11.6 Å². The predicted octanol–water partition coefficient (Wildman–Crippen LogP) is 3.98. The molecule has 0 bridgehead atoms. The van der Waals surface area contributed by atoms with E-state index < -0.39 is 0 Å². The first-order valence-electron chi connectivity index (χ1n) is 8.41. The number of aromatic hydroxyl groups is 1. The molecule has 28 heavy (non-hydrogen) atoms. The maximum Gasteiger partial charge on any atom is 0.221 e. The minimum atomic E-state index is -0.379. The van der Waals surface area contributed by atoms with Gasteiger partial charge < -0.3 is 15.7 Å². The van der Waals surface area contributed by atoms with Crippen molar-refractivity contribution in [3.8, 4) is 5.75 Å². The number of fused-ring (bicyclic) bond motifs is 1. The van der Waals surface area contributed by atoms with E-state index >= 15 is 0 Å². The van der Waals surface area contributed by atoms with Crippen molar-refractivity contribution in [2.75, 3.05) is 10.6 Å². The van der Waals surface area contributed by atoms with E-state index in [0.29, 0.717) is 17.3 Å². The molecule has 0 saturated heterocycles. The SMILES string of the molecule is CC(=O)Nc1cc(N=Nc2nc(C)nc3ccccc23)cc(NC(C)=O)c1O. The molecule has 1 heterocycles. The number of rotatable bonds is 4. The molecule has 0 fully saturated rings. The Bertz CT molecular complexity index is 1070. The molecule has 142 valence electrons. The highest BCUT2D eigenvalue weighted by Gasteiger charge is 2.13. The van der Waals surface area contributed by atoms with Crippen LogP contribution < -0.4 is 10.6 Å². The first-order chi connectivity index (χ1) is 13.3. The van der Waals surface area contributed by atoms with E-state index in [9.17, 15) is 14.7 Å². The lowest BCUT2D eigenvalue weighted by Crippen LogP contribution is -2.09. The van der Waals surface area contributed by atoms with E-state index in [-0.39, 0.29) is 28.9 Å². The molecule has 2 aromatic carbocycles. The van der Waals surface area contributed by atoms with Gasteiger partial charge in [-0.25, -0.2) is 9.97 Å². The summed E-state index contributed by atoms with van der Waals surface area (Å²) in [4.78, 5) is 31.5. The van der Waals surface area contributed by atoms with Crippen LogP contribution in [0.25, 0.3) is 10.9 Å². The summed E-state index contributed by atoms with van der Waals surface area (Å²) >= 11 is 0. The lowest BCUT2D eigenvalue weighted by molar-refractivity contribution is -0.115. The number of aromatic nitrogens is 2. The summed E-state index contributed by atoms with van der Waals surface area (Å²) in [7, 11) is 0. The minimum absolute atomic E-state index is 0.108. The number of benzene rings is 2. The smallest absolute Gasteiger partial charge is 0.221 e. The largest absolute Gasteiger partial charge is 0.504 e. The Morgan fingerprint density at radius 3 is 2.18 bits per heavy atom. The van der Waals surface area contributed by atoms with Crippen LogP contribution in [-0.2, 0) is 9.59 Å². The fourth-order valence-electron chi connectivity index (χ4n) is 2.60. The highest BCUT2D eigenvalue weighted by atomic mass is 16.3. The Morgan fingerprint density at radius 2 is 1.57 bits per heavy atom. The standard InChI is InChI=1S/C19H18N6O3/c1-10-20-15-7-5-4-6-14(15)19(21-10)25-24-13-8-16(22-11(2)26)18(28)17(9-13)23-12(3)27/h4-9,28H,1-3H3,(H,22,26)(H,23,27). The van der Waals surface area contributed by atoms with Gasteiger partial charge in [0.1, 0.15) is 5.82 Å². The Balaban J connectivity index is 2.06. The van der Waals surface area contributed by atoms with Gasteiger partial charge in [-0.2, -0.15) is 0 Å². The van der Waals surface area contributed by atoms with E-state index in [1.807, 2.05) is 24.3 Å². The van der Waals surface area contributed by atoms with Gasteiger partial charge in [-0.05, 0) is 31.2 Å². The molecule has 3 aromatic rings. The maximum atomic E-state index is 11.4. The van der Waals surface area contributed by atoms with Crippen molar-refractivity contribution >= 4 is 45.6 Å². The quantitative estimate of drug-likeness (QED) is 0.467. The second kappa shape index (κ2) is 7.78. The lowest BCUT2D eigenvalue weighted by Gasteiger charge is -2.11. The Hall–Kier alpha value is -3.88. The van der Waals surface area contributed by atoms with Crippen LogP contribution in [-0.4, -0.2) is 26.9 Å². The number of hydrogen-bond acceptors (Lipinski definition) is 7. The van der Waals surface area contributed by atoms with Crippen LogP contribution in [0.15, 0.2) is 46.6 Å². The molecular formula is C19H18N6O3. The molecule has 0 spiro atoms. The molecule has 0 aliphatic heterocycles. The highest BCUT2D eigenvalue weighted by molar-refractivity contribution is 5.97. The molecule has 2 amide bonds. The number of phenolic OH excluding ortho intramolecular Hbond substituents is 1. The second-order valence-corrected chi connectivity index (χ2v) is 6.06. The first kappa shape index (κ1) is 18.9. The summed E-state index contributed by atoms with van der Waals surface area (Å²) in [5, 5.41) is 24.3. The lowest BCUT2D eigenvalue weighted by atomic mass is 10.2. The number of phenols is 1. The molecule has 9 nitrogen and oxygen atoms in total.